The molecule has 2 aromatic heterocycles. The van der Waals surface area contributed by atoms with E-state index in [1.807, 2.05) is 62.4 Å². The number of rotatable bonds is 6. The number of thioether (sulfide) groups is 1. The van der Waals surface area contributed by atoms with Crippen molar-refractivity contribution < 1.29 is 14.3 Å². The van der Waals surface area contributed by atoms with Crippen molar-refractivity contribution >= 4 is 34.7 Å². The number of aliphatic carboxylic acids is 1. The molecule has 2 N–H and O–H groups in total. The van der Waals surface area contributed by atoms with E-state index in [1.165, 1.54) is 0 Å². The van der Waals surface area contributed by atoms with Gasteiger partial charge in [-0.25, -0.2) is 4.79 Å². The van der Waals surface area contributed by atoms with Gasteiger partial charge in [-0.2, -0.15) is 0 Å². The zero-order valence-corrected chi connectivity index (χ0v) is 16.8. The van der Waals surface area contributed by atoms with Crippen LogP contribution in [0, 0.1) is 6.92 Å². The molecule has 0 amide bonds. The first-order valence-electron chi connectivity index (χ1n) is 9.18. The number of aryl methyl sites for hydroxylation is 2. The summed E-state index contributed by atoms with van der Waals surface area (Å²) in [6, 6.07) is 15.8. The second-order valence-electron chi connectivity index (χ2n) is 6.51. The van der Waals surface area contributed by atoms with E-state index >= 15 is 0 Å². The number of carboxylic acid groups (broad SMARTS) is 1. The highest BCUT2D eigenvalue weighted by Gasteiger charge is 2.19. The summed E-state index contributed by atoms with van der Waals surface area (Å²) in [6.07, 6.45) is 2.27. The van der Waals surface area contributed by atoms with Gasteiger partial charge in [0, 0.05) is 22.9 Å². The molecule has 146 valence electrons. The Hall–Kier alpha value is -3.32. The number of hydrogen-bond donors (Lipinski definition) is 2. The SMILES string of the molecule is CCc1nnc(S/C(=C\c2c(-c3ccccc3)[nH]c3c(C)cccc23)C(=O)O)o1. The highest BCUT2D eigenvalue weighted by atomic mass is 32.2. The first-order chi connectivity index (χ1) is 14.1. The van der Waals surface area contributed by atoms with E-state index in [2.05, 4.69) is 15.2 Å². The van der Waals surface area contributed by atoms with Crippen molar-refractivity contribution in [2.75, 3.05) is 0 Å². The van der Waals surface area contributed by atoms with Crippen LogP contribution in [-0.2, 0) is 11.2 Å². The van der Waals surface area contributed by atoms with Crippen LogP contribution in [0.4, 0.5) is 0 Å². The Labute approximate surface area is 171 Å². The molecule has 2 heterocycles. The summed E-state index contributed by atoms with van der Waals surface area (Å²) in [5.41, 5.74) is 4.74. The highest BCUT2D eigenvalue weighted by Crippen LogP contribution is 2.36. The third-order valence-corrected chi connectivity index (χ3v) is 5.43. The minimum Gasteiger partial charge on any atom is -0.477 e. The lowest BCUT2D eigenvalue weighted by atomic mass is 10.0. The lowest BCUT2D eigenvalue weighted by Gasteiger charge is -2.03. The third-order valence-electron chi connectivity index (χ3n) is 4.58. The molecule has 0 aliphatic rings. The Morgan fingerprint density at radius 1 is 1.17 bits per heavy atom. The molecule has 4 rings (SSSR count). The van der Waals surface area contributed by atoms with Gasteiger partial charge in [0.15, 0.2) is 0 Å². The van der Waals surface area contributed by atoms with Gasteiger partial charge in [-0.05, 0) is 35.9 Å². The second kappa shape index (κ2) is 7.97. The predicted octanol–water partition coefficient (Wildman–Crippen LogP) is 5.31. The summed E-state index contributed by atoms with van der Waals surface area (Å²) in [7, 11) is 0. The number of carboxylic acids is 1. The van der Waals surface area contributed by atoms with Crippen molar-refractivity contribution in [1.29, 1.82) is 0 Å². The fourth-order valence-corrected chi connectivity index (χ4v) is 3.82. The molecule has 0 aliphatic heterocycles. The number of aromatic amines is 1. The molecule has 2 aromatic carbocycles. The van der Waals surface area contributed by atoms with Gasteiger partial charge < -0.3 is 14.5 Å². The number of hydrogen-bond acceptors (Lipinski definition) is 5. The van der Waals surface area contributed by atoms with Gasteiger partial charge in [-0.3, -0.25) is 0 Å². The van der Waals surface area contributed by atoms with E-state index in [-0.39, 0.29) is 10.1 Å². The Morgan fingerprint density at radius 2 is 1.97 bits per heavy atom. The van der Waals surface area contributed by atoms with Crippen molar-refractivity contribution in [2.24, 2.45) is 0 Å². The van der Waals surface area contributed by atoms with Crippen LogP contribution in [-0.4, -0.2) is 26.3 Å². The molecule has 0 fully saturated rings. The van der Waals surface area contributed by atoms with E-state index in [0.29, 0.717) is 12.3 Å². The molecule has 0 unspecified atom stereocenters. The van der Waals surface area contributed by atoms with Crippen LogP contribution in [0.3, 0.4) is 0 Å². The Morgan fingerprint density at radius 3 is 2.66 bits per heavy atom. The molecule has 0 saturated heterocycles. The molecule has 7 heteroatoms. The fourth-order valence-electron chi connectivity index (χ4n) is 3.15. The van der Waals surface area contributed by atoms with E-state index in [0.717, 1.165) is 45.0 Å². The quantitative estimate of drug-likeness (QED) is 0.334. The van der Waals surface area contributed by atoms with Gasteiger partial charge in [0.2, 0.25) is 5.89 Å². The molecule has 29 heavy (non-hydrogen) atoms. The number of benzene rings is 2. The largest absolute Gasteiger partial charge is 0.477 e. The minimum absolute atomic E-state index is 0.107. The first kappa shape index (κ1) is 19.0. The summed E-state index contributed by atoms with van der Waals surface area (Å²) in [4.78, 5) is 15.5. The molecular formula is C22H19N3O3S. The summed E-state index contributed by atoms with van der Waals surface area (Å²) in [5.74, 6) is -0.572. The van der Waals surface area contributed by atoms with Crippen LogP contribution in [0.1, 0.15) is 23.9 Å². The smallest absolute Gasteiger partial charge is 0.342 e. The third kappa shape index (κ3) is 3.82. The topological polar surface area (TPSA) is 92.0 Å². The number of nitrogens with one attached hydrogen (secondary N) is 1. The molecule has 0 aliphatic carbocycles. The van der Waals surface area contributed by atoms with E-state index < -0.39 is 5.97 Å². The number of para-hydroxylation sites is 1. The molecular weight excluding hydrogens is 386 g/mol. The van der Waals surface area contributed by atoms with Crippen LogP contribution in [0.25, 0.3) is 28.2 Å². The zero-order chi connectivity index (χ0) is 20.4. The van der Waals surface area contributed by atoms with Crippen LogP contribution < -0.4 is 0 Å². The van der Waals surface area contributed by atoms with E-state index in [4.69, 9.17) is 4.42 Å². The average molecular weight is 405 g/mol. The summed E-state index contributed by atoms with van der Waals surface area (Å²) < 4.78 is 5.48. The van der Waals surface area contributed by atoms with Crippen LogP contribution in [0.5, 0.6) is 0 Å². The van der Waals surface area contributed by atoms with Gasteiger partial charge in [-0.1, -0.05) is 55.5 Å². The van der Waals surface area contributed by atoms with Crippen molar-refractivity contribution in [1.82, 2.24) is 15.2 Å². The van der Waals surface area contributed by atoms with Crippen molar-refractivity contribution in [3.05, 3.63) is 70.5 Å². The molecule has 6 nitrogen and oxygen atoms in total. The minimum atomic E-state index is -1.05. The zero-order valence-electron chi connectivity index (χ0n) is 16.0. The molecule has 4 aromatic rings. The maximum absolute atomic E-state index is 12.0. The van der Waals surface area contributed by atoms with Gasteiger partial charge in [0.05, 0.1) is 5.69 Å². The normalized spacial score (nSPS) is 11.9. The number of nitrogens with zero attached hydrogens (tertiary/aromatic N) is 2. The predicted molar refractivity (Wildman–Crippen MR) is 114 cm³/mol. The molecule has 0 bridgehead atoms. The Balaban J connectivity index is 1.88. The average Bonchev–Trinajstić information content (AvgIpc) is 3.33. The van der Waals surface area contributed by atoms with Crippen molar-refractivity contribution in [3.8, 4) is 11.3 Å². The standard InChI is InChI=1S/C22H19N3O3S/c1-3-18-24-25-22(28-18)29-17(21(26)27)12-16-15-11-7-8-13(2)19(15)23-20(16)14-9-5-4-6-10-14/h4-12,23H,3H2,1-2H3,(H,26,27)/b17-12-. The second-order valence-corrected chi connectivity index (χ2v) is 7.50. The molecule has 0 atom stereocenters. The lowest BCUT2D eigenvalue weighted by molar-refractivity contribution is -0.131. The maximum atomic E-state index is 12.0. The highest BCUT2D eigenvalue weighted by molar-refractivity contribution is 8.03. The summed E-state index contributed by atoms with van der Waals surface area (Å²) >= 11 is 0.955. The van der Waals surface area contributed by atoms with Gasteiger partial charge in [-0.15, -0.1) is 10.2 Å². The maximum Gasteiger partial charge on any atom is 0.342 e. The summed E-state index contributed by atoms with van der Waals surface area (Å²) in [6.45, 7) is 3.93. The molecule has 0 spiro atoms. The fraction of sp³-hybridized carbons (Fsp3) is 0.136. The van der Waals surface area contributed by atoms with Gasteiger partial charge >= 0.3 is 5.97 Å². The monoisotopic (exact) mass is 405 g/mol. The van der Waals surface area contributed by atoms with E-state index in [1.54, 1.807) is 6.08 Å². The van der Waals surface area contributed by atoms with Gasteiger partial charge in [0.25, 0.3) is 5.22 Å². The first-order valence-corrected chi connectivity index (χ1v) is 10.0. The van der Waals surface area contributed by atoms with Crippen LogP contribution in [0.2, 0.25) is 0 Å². The van der Waals surface area contributed by atoms with Crippen LogP contribution >= 0.6 is 11.8 Å². The lowest BCUT2D eigenvalue weighted by Crippen LogP contribution is -1.97. The molecule has 0 saturated carbocycles. The van der Waals surface area contributed by atoms with E-state index in [9.17, 15) is 9.90 Å². The molecule has 0 radical (unpaired) electrons. The number of carbonyl (C=O) groups is 1. The van der Waals surface area contributed by atoms with Crippen LogP contribution in [0.15, 0.2) is 63.1 Å². The summed E-state index contributed by atoms with van der Waals surface area (Å²) in [5, 5.41) is 18.8. The van der Waals surface area contributed by atoms with Gasteiger partial charge in [0.1, 0.15) is 4.91 Å². The Bertz CT molecular complexity index is 1210. The number of H-pyrrole nitrogens is 1. The van der Waals surface area contributed by atoms with Crippen molar-refractivity contribution in [3.63, 3.8) is 0 Å². The van der Waals surface area contributed by atoms with Crippen molar-refractivity contribution in [2.45, 2.75) is 25.5 Å². The Kier molecular flexibility index (Phi) is 5.22. The number of aromatic nitrogens is 3. The number of fused-ring (bicyclic) bond motifs is 1.